The van der Waals surface area contributed by atoms with Crippen LogP contribution in [-0.4, -0.2) is 31.8 Å². The second-order valence-electron chi connectivity index (χ2n) is 8.18. The maximum Gasteiger partial charge on any atom is 0.429 e. The normalized spacial score (nSPS) is 12.9. The quantitative estimate of drug-likeness (QED) is 0.293. The summed E-state index contributed by atoms with van der Waals surface area (Å²) in [6, 6.07) is 15.0. The van der Waals surface area contributed by atoms with Crippen LogP contribution >= 0.6 is 22.9 Å². The second kappa shape index (κ2) is 10.6. The highest BCUT2D eigenvalue weighted by atomic mass is 35.5. The fourth-order valence-corrected chi connectivity index (χ4v) is 5.34. The van der Waals surface area contributed by atoms with Gasteiger partial charge < -0.3 is 5.41 Å². The van der Waals surface area contributed by atoms with Gasteiger partial charge in [-0.3, -0.25) is 4.99 Å². The highest BCUT2D eigenvalue weighted by Crippen LogP contribution is 2.35. The number of benzene rings is 2. The van der Waals surface area contributed by atoms with Crippen molar-refractivity contribution in [3.8, 4) is 10.4 Å². The van der Waals surface area contributed by atoms with E-state index in [0.717, 1.165) is 5.56 Å². The molecular weight excluding hydrogens is 517 g/mol. The Morgan fingerprint density at radius 2 is 1.80 bits per heavy atom. The first-order chi connectivity index (χ1) is 16.3. The summed E-state index contributed by atoms with van der Waals surface area (Å²) in [6.07, 6.45) is -5.51. The first kappa shape index (κ1) is 27.1. The average molecular weight is 541 g/mol. The van der Waals surface area contributed by atoms with Gasteiger partial charge in [-0.1, -0.05) is 44.5 Å². The summed E-state index contributed by atoms with van der Waals surface area (Å²) in [6.45, 7) is 5.49. The predicted octanol–water partition coefficient (Wildman–Crippen LogP) is 8.08. The van der Waals surface area contributed by atoms with E-state index in [4.69, 9.17) is 17.0 Å². The Morgan fingerprint density at radius 1 is 1.11 bits per heavy atom. The molecule has 2 aromatic carbocycles. The molecule has 1 aromatic heterocycles. The summed E-state index contributed by atoms with van der Waals surface area (Å²) in [5.41, 5.74) is 0.428. The molecule has 0 aliphatic rings. The van der Waals surface area contributed by atoms with E-state index in [0.29, 0.717) is 21.0 Å². The number of alkyl halides is 3. The molecule has 0 aliphatic carbocycles. The monoisotopic (exact) mass is 540 g/mol. The first-order valence-corrected chi connectivity index (χ1v) is 13.6. The van der Waals surface area contributed by atoms with Gasteiger partial charge in [0.05, 0.1) is 27.1 Å². The van der Waals surface area contributed by atoms with Crippen LogP contribution in [0.15, 0.2) is 64.5 Å². The van der Waals surface area contributed by atoms with Crippen LogP contribution in [0.3, 0.4) is 0 Å². The summed E-state index contributed by atoms with van der Waals surface area (Å²) in [7, 11) is -3.46. The van der Waals surface area contributed by atoms with Crippen molar-refractivity contribution >= 4 is 49.9 Å². The number of thiophene rings is 1. The lowest BCUT2D eigenvalue weighted by atomic mass is 10.0. The summed E-state index contributed by atoms with van der Waals surface area (Å²) in [5, 5.41) is 7.78. The van der Waals surface area contributed by atoms with Gasteiger partial charge in [-0.15, -0.1) is 11.3 Å². The predicted molar refractivity (Wildman–Crippen MR) is 138 cm³/mol. The number of sulfone groups is 1. The fourth-order valence-electron chi connectivity index (χ4n) is 3.23. The van der Waals surface area contributed by atoms with Gasteiger partial charge in [0.2, 0.25) is 0 Å². The van der Waals surface area contributed by atoms with Gasteiger partial charge in [-0.25, -0.2) is 8.42 Å². The maximum absolute atomic E-state index is 13.2. The van der Waals surface area contributed by atoms with E-state index in [1.165, 1.54) is 11.3 Å². The molecule has 0 amide bonds. The van der Waals surface area contributed by atoms with Crippen LogP contribution in [0.2, 0.25) is 5.02 Å². The minimum atomic E-state index is -4.78. The number of aliphatic imine (C=N–C) groups is 1. The van der Waals surface area contributed by atoms with Crippen LogP contribution in [0.5, 0.6) is 0 Å². The Morgan fingerprint density at radius 3 is 2.40 bits per heavy atom. The molecule has 3 aromatic rings. The number of para-hydroxylation sites is 1. The zero-order chi connectivity index (χ0) is 26.0. The van der Waals surface area contributed by atoms with Crippen molar-refractivity contribution < 1.29 is 21.6 Å². The van der Waals surface area contributed by atoms with Crippen molar-refractivity contribution in [2.24, 2.45) is 4.99 Å². The zero-order valence-electron chi connectivity index (χ0n) is 19.3. The van der Waals surface area contributed by atoms with E-state index in [1.807, 2.05) is 19.9 Å². The van der Waals surface area contributed by atoms with E-state index >= 15 is 0 Å². The number of nitrogens with one attached hydrogen (secondary N) is 1. The highest BCUT2D eigenvalue weighted by molar-refractivity contribution is 7.91. The smallest absolute Gasteiger partial charge is 0.300 e. The van der Waals surface area contributed by atoms with E-state index < -0.39 is 28.1 Å². The molecule has 0 aliphatic heterocycles. The highest BCUT2D eigenvalue weighted by Gasteiger charge is 2.35. The Bertz CT molecular complexity index is 1380. The van der Waals surface area contributed by atoms with Gasteiger partial charge in [0.15, 0.2) is 9.84 Å². The Labute approximate surface area is 211 Å². The number of hydrogen-bond acceptors (Lipinski definition) is 5. The van der Waals surface area contributed by atoms with E-state index in [-0.39, 0.29) is 27.3 Å². The summed E-state index contributed by atoms with van der Waals surface area (Å²) in [4.78, 5) is 5.69. The molecule has 0 bridgehead atoms. The molecule has 4 nitrogen and oxygen atoms in total. The number of nitrogens with zero attached hydrogens (tertiary/aromatic N) is 1. The Hall–Kier alpha value is -2.49. The SMILES string of the molecule is CCS(=O)(=O)c1cc(-c2ccc(C(CC(=N)C(F)(F)F)=Nc3ccccc3Cl)s2)cc(C(C)C)c1. The molecule has 35 heavy (non-hydrogen) atoms. The third-order valence-electron chi connectivity index (χ3n) is 5.30. The van der Waals surface area contributed by atoms with Gasteiger partial charge >= 0.3 is 6.18 Å². The molecule has 0 unspecified atom stereocenters. The van der Waals surface area contributed by atoms with Crippen LogP contribution < -0.4 is 0 Å². The summed E-state index contributed by atoms with van der Waals surface area (Å²) >= 11 is 7.35. The van der Waals surface area contributed by atoms with Crippen LogP contribution in [0.1, 0.15) is 43.6 Å². The minimum Gasteiger partial charge on any atom is -0.300 e. The molecule has 3 rings (SSSR count). The van der Waals surface area contributed by atoms with Gasteiger partial charge in [0, 0.05) is 16.2 Å². The average Bonchev–Trinajstić information content (AvgIpc) is 3.29. The standard InChI is InChI=1S/C25H24ClF3N2O2S2/c1-4-35(32,33)18-12-16(15(2)3)11-17(13-18)22-9-10-23(34-22)21(14-24(30)25(27,28)29)31-20-8-6-5-7-19(20)26/h5-13,15,30H,4,14H2,1-3H3. The second-order valence-corrected chi connectivity index (χ2v) is 11.9. The molecule has 0 radical (unpaired) electrons. The molecule has 1 heterocycles. The minimum absolute atomic E-state index is 0.0438. The van der Waals surface area contributed by atoms with Gasteiger partial charge in [0.25, 0.3) is 0 Å². The van der Waals surface area contributed by atoms with E-state index in [2.05, 4.69) is 4.99 Å². The zero-order valence-corrected chi connectivity index (χ0v) is 21.7. The number of halogens is 4. The molecule has 0 spiro atoms. The molecule has 10 heteroatoms. The fraction of sp³-hybridized carbons (Fsp3) is 0.280. The molecule has 0 saturated heterocycles. The van der Waals surface area contributed by atoms with Crippen LogP contribution in [-0.2, 0) is 9.84 Å². The Kier molecular flexibility index (Phi) is 8.24. The lowest BCUT2D eigenvalue weighted by Gasteiger charge is -2.12. The number of hydrogen-bond donors (Lipinski definition) is 1. The van der Waals surface area contributed by atoms with E-state index in [1.54, 1.807) is 55.5 Å². The van der Waals surface area contributed by atoms with Crippen molar-refractivity contribution in [3.63, 3.8) is 0 Å². The first-order valence-electron chi connectivity index (χ1n) is 10.8. The van der Waals surface area contributed by atoms with Gasteiger partial charge in [0.1, 0.15) is 5.71 Å². The van der Waals surface area contributed by atoms with Crippen molar-refractivity contribution in [1.82, 2.24) is 0 Å². The lowest BCUT2D eigenvalue weighted by Crippen LogP contribution is -2.24. The van der Waals surface area contributed by atoms with Crippen molar-refractivity contribution in [2.75, 3.05) is 5.75 Å². The molecule has 1 N–H and O–H groups in total. The topological polar surface area (TPSA) is 70.3 Å². The van der Waals surface area contributed by atoms with Gasteiger partial charge in [-0.05, 0) is 59.5 Å². The molecule has 186 valence electrons. The van der Waals surface area contributed by atoms with Crippen molar-refractivity contribution in [1.29, 1.82) is 5.41 Å². The summed E-state index contributed by atoms with van der Waals surface area (Å²) in [5.74, 6) is 0.0301. The maximum atomic E-state index is 13.2. The van der Waals surface area contributed by atoms with E-state index in [9.17, 15) is 21.6 Å². The van der Waals surface area contributed by atoms with Crippen LogP contribution in [0, 0.1) is 5.41 Å². The van der Waals surface area contributed by atoms with Gasteiger partial charge in [-0.2, -0.15) is 13.2 Å². The Balaban J connectivity index is 2.12. The van der Waals surface area contributed by atoms with Crippen molar-refractivity contribution in [3.05, 3.63) is 70.1 Å². The van der Waals surface area contributed by atoms with Crippen molar-refractivity contribution in [2.45, 2.75) is 44.2 Å². The lowest BCUT2D eigenvalue weighted by molar-refractivity contribution is -0.0605. The summed E-state index contributed by atoms with van der Waals surface area (Å²) < 4.78 is 64.6. The third kappa shape index (κ3) is 6.59. The number of rotatable bonds is 8. The molecule has 0 atom stereocenters. The third-order valence-corrected chi connectivity index (χ3v) is 8.52. The van der Waals surface area contributed by atoms with Crippen LogP contribution in [0.4, 0.5) is 18.9 Å². The molecule has 0 fully saturated rings. The molecule has 0 saturated carbocycles. The largest absolute Gasteiger partial charge is 0.429 e. The van der Waals surface area contributed by atoms with Crippen LogP contribution in [0.25, 0.3) is 10.4 Å². The molecular formula is C25H24ClF3N2O2S2.